The van der Waals surface area contributed by atoms with Crippen LogP contribution in [0.2, 0.25) is 0 Å². The second kappa shape index (κ2) is 12.0. The maximum atomic E-state index is 13.0. The molecule has 2 aromatic carbocycles. The Morgan fingerprint density at radius 2 is 1.82 bits per heavy atom. The van der Waals surface area contributed by atoms with E-state index in [1.54, 1.807) is 18.5 Å². The first-order valence-electron chi connectivity index (χ1n) is 13.2. The summed E-state index contributed by atoms with van der Waals surface area (Å²) in [7, 11) is 2.16. The number of aromatic nitrogens is 2. The largest absolute Gasteiger partial charge is 0.339 e. The molecule has 1 fully saturated rings. The van der Waals surface area contributed by atoms with Gasteiger partial charge in [-0.1, -0.05) is 36.9 Å². The summed E-state index contributed by atoms with van der Waals surface area (Å²) >= 11 is 0. The van der Waals surface area contributed by atoms with E-state index in [9.17, 15) is 4.79 Å². The van der Waals surface area contributed by atoms with Gasteiger partial charge in [-0.15, -0.1) is 0 Å². The summed E-state index contributed by atoms with van der Waals surface area (Å²) in [5.41, 5.74) is 7.32. The Morgan fingerprint density at radius 1 is 1.03 bits per heavy atom. The lowest BCUT2D eigenvalue weighted by Gasteiger charge is -2.32. The number of anilines is 3. The second-order valence-corrected chi connectivity index (χ2v) is 9.95. The molecule has 0 bridgehead atoms. The van der Waals surface area contributed by atoms with Gasteiger partial charge in [0.2, 0.25) is 0 Å². The van der Waals surface area contributed by atoms with Crippen molar-refractivity contribution in [3.8, 4) is 11.1 Å². The highest BCUT2D eigenvalue weighted by Crippen LogP contribution is 2.31. The Bertz CT molecular complexity index is 1440. The average molecular weight is 519 g/mol. The van der Waals surface area contributed by atoms with Gasteiger partial charge >= 0.3 is 0 Å². The van der Waals surface area contributed by atoms with Crippen molar-refractivity contribution < 1.29 is 4.79 Å². The second-order valence-electron chi connectivity index (χ2n) is 9.95. The molecule has 4 aromatic rings. The highest BCUT2D eigenvalue weighted by molar-refractivity contribution is 6.04. The van der Waals surface area contributed by atoms with Gasteiger partial charge in [-0.05, 0) is 67.1 Å². The zero-order valence-corrected chi connectivity index (χ0v) is 22.5. The smallest absolute Gasteiger partial charge is 0.255 e. The zero-order valence-electron chi connectivity index (χ0n) is 22.5. The molecule has 0 aliphatic carbocycles. The van der Waals surface area contributed by atoms with Crippen molar-refractivity contribution in [2.45, 2.75) is 13.5 Å². The van der Waals surface area contributed by atoms with Gasteiger partial charge in [-0.3, -0.25) is 14.7 Å². The van der Waals surface area contributed by atoms with Crippen LogP contribution in [-0.4, -0.2) is 58.9 Å². The first kappa shape index (κ1) is 26.3. The van der Waals surface area contributed by atoms with Gasteiger partial charge < -0.3 is 15.5 Å². The normalized spacial score (nSPS) is 14.1. The average Bonchev–Trinajstić information content (AvgIpc) is 2.96. The van der Waals surface area contributed by atoms with Crippen LogP contribution >= 0.6 is 0 Å². The van der Waals surface area contributed by atoms with Crippen molar-refractivity contribution in [1.82, 2.24) is 19.8 Å². The fraction of sp³-hybridized carbons (Fsp3) is 0.219. The van der Waals surface area contributed by atoms with E-state index in [-0.39, 0.29) is 5.91 Å². The topological polar surface area (TPSA) is 73.4 Å². The van der Waals surface area contributed by atoms with Crippen molar-refractivity contribution in [2.75, 3.05) is 43.9 Å². The van der Waals surface area contributed by atoms with Crippen LogP contribution in [0.3, 0.4) is 0 Å². The molecule has 1 amide bonds. The molecule has 3 heterocycles. The number of rotatable bonds is 8. The molecule has 7 heteroatoms. The predicted octanol–water partition coefficient (Wildman–Crippen LogP) is 5.84. The minimum absolute atomic E-state index is 0.139. The molecule has 198 valence electrons. The van der Waals surface area contributed by atoms with Crippen molar-refractivity contribution >= 4 is 29.2 Å². The Labute approximate surface area is 230 Å². The van der Waals surface area contributed by atoms with Gasteiger partial charge in [0.25, 0.3) is 5.91 Å². The Kier molecular flexibility index (Phi) is 8.10. The molecule has 39 heavy (non-hydrogen) atoms. The van der Waals surface area contributed by atoms with Crippen LogP contribution in [0.4, 0.5) is 17.2 Å². The molecule has 0 atom stereocenters. The minimum Gasteiger partial charge on any atom is -0.339 e. The Morgan fingerprint density at radius 3 is 2.54 bits per heavy atom. The lowest BCUT2D eigenvalue weighted by atomic mass is 10.0. The minimum atomic E-state index is -0.139. The van der Waals surface area contributed by atoms with Crippen LogP contribution in [0, 0.1) is 6.92 Å². The molecule has 7 nitrogen and oxygen atoms in total. The van der Waals surface area contributed by atoms with Crippen LogP contribution in [-0.2, 0) is 6.54 Å². The number of likely N-dealkylation sites (N-methyl/N-ethyl adjacent to an activating group) is 1. The maximum absolute atomic E-state index is 13.0. The molecular weight excluding hydrogens is 484 g/mol. The third-order valence-corrected chi connectivity index (χ3v) is 7.13. The Hall–Kier alpha value is -4.33. The number of piperazine rings is 1. The van der Waals surface area contributed by atoms with Gasteiger partial charge in [0.05, 0.1) is 0 Å². The van der Waals surface area contributed by atoms with Gasteiger partial charge in [-0.2, -0.15) is 0 Å². The van der Waals surface area contributed by atoms with Crippen molar-refractivity contribution in [1.29, 1.82) is 0 Å². The Balaban J connectivity index is 1.28. The molecule has 2 aromatic heterocycles. The first-order chi connectivity index (χ1) is 19.0. The molecule has 0 saturated carbocycles. The van der Waals surface area contributed by atoms with E-state index in [2.05, 4.69) is 44.0 Å². The molecule has 5 rings (SSSR count). The highest BCUT2D eigenvalue weighted by atomic mass is 16.1. The molecule has 0 radical (unpaired) electrons. The van der Waals surface area contributed by atoms with Crippen LogP contribution < -0.4 is 10.6 Å². The molecule has 0 unspecified atom stereocenters. The molecule has 1 saturated heterocycles. The highest BCUT2D eigenvalue weighted by Gasteiger charge is 2.15. The number of hydrogen-bond acceptors (Lipinski definition) is 6. The number of nitrogens with zero attached hydrogens (tertiary/aromatic N) is 4. The van der Waals surface area contributed by atoms with Crippen molar-refractivity contribution in [2.24, 2.45) is 0 Å². The summed E-state index contributed by atoms with van der Waals surface area (Å²) in [5.74, 6) is 0.549. The SMILES string of the molecule is C=Cc1c(-c2cccnc2)ccnc1Nc1cc(NC(=O)c2ccc(CN3CCN(C)CC3)cc2)ccc1C. The summed E-state index contributed by atoms with van der Waals surface area (Å²) in [6.45, 7) is 11.3. The molecule has 1 aliphatic heterocycles. The lowest BCUT2D eigenvalue weighted by Crippen LogP contribution is -2.43. The quantitative estimate of drug-likeness (QED) is 0.305. The summed E-state index contributed by atoms with van der Waals surface area (Å²) in [6.07, 6.45) is 7.15. The molecular formula is C32H34N6O. The number of pyridine rings is 2. The molecule has 0 spiro atoms. The van der Waals surface area contributed by atoms with E-state index < -0.39 is 0 Å². The van der Waals surface area contributed by atoms with Crippen LogP contribution in [0.15, 0.2) is 85.8 Å². The summed E-state index contributed by atoms with van der Waals surface area (Å²) in [6, 6.07) is 19.6. The fourth-order valence-corrected chi connectivity index (χ4v) is 4.74. The molecule has 2 N–H and O–H groups in total. The van der Waals surface area contributed by atoms with Gasteiger partial charge in [0.15, 0.2) is 0 Å². The summed E-state index contributed by atoms with van der Waals surface area (Å²) in [4.78, 5) is 26.6. The standard InChI is InChI=1S/C32H34N6O/c1-4-28-29(26-6-5-14-33-21-26)13-15-34-31(28)36-30-20-27(12-7-23(30)2)35-32(39)25-10-8-24(9-11-25)22-38-18-16-37(3)17-19-38/h4-15,20-21H,1,16-19,22H2,2-3H3,(H,34,36)(H,35,39). The van der Waals surface area contributed by atoms with Gasteiger partial charge in [0.1, 0.15) is 5.82 Å². The number of carbonyl (C=O) groups is 1. The van der Waals surface area contributed by atoms with E-state index in [1.165, 1.54) is 5.56 Å². The lowest BCUT2D eigenvalue weighted by molar-refractivity contribution is 0.102. The number of hydrogen-bond donors (Lipinski definition) is 2. The number of amides is 1. The third kappa shape index (κ3) is 6.39. The monoisotopic (exact) mass is 518 g/mol. The van der Waals surface area contributed by atoms with E-state index in [0.717, 1.165) is 60.7 Å². The fourth-order valence-electron chi connectivity index (χ4n) is 4.74. The summed E-state index contributed by atoms with van der Waals surface area (Å²) < 4.78 is 0. The van der Waals surface area contributed by atoms with E-state index >= 15 is 0 Å². The number of carbonyl (C=O) groups excluding carboxylic acids is 1. The third-order valence-electron chi connectivity index (χ3n) is 7.13. The number of nitrogens with one attached hydrogen (secondary N) is 2. The first-order valence-corrected chi connectivity index (χ1v) is 13.2. The number of benzene rings is 2. The van der Waals surface area contributed by atoms with Crippen molar-refractivity contribution in [3.63, 3.8) is 0 Å². The van der Waals surface area contributed by atoms with Crippen molar-refractivity contribution in [3.05, 3.63) is 108 Å². The number of aryl methyl sites for hydroxylation is 1. The summed E-state index contributed by atoms with van der Waals surface area (Å²) in [5, 5.41) is 6.48. The van der Waals surface area contributed by atoms with Gasteiger partial charge in [0, 0.05) is 79.4 Å². The van der Waals surface area contributed by atoms with Gasteiger partial charge in [-0.25, -0.2) is 4.98 Å². The van der Waals surface area contributed by atoms with Crippen LogP contribution in [0.5, 0.6) is 0 Å². The van der Waals surface area contributed by atoms with E-state index in [0.29, 0.717) is 17.1 Å². The maximum Gasteiger partial charge on any atom is 0.255 e. The van der Waals surface area contributed by atoms with E-state index in [4.69, 9.17) is 0 Å². The van der Waals surface area contributed by atoms with Crippen LogP contribution in [0.25, 0.3) is 17.2 Å². The van der Waals surface area contributed by atoms with E-state index in [1.807, 2.05) is 73.8 Å². The molecule has 1 aliphatic rings. The van der Waals surface area contributed by atoms with Crippen LogP contribution in [0.1, 0.15) is 27.0 Å². The zero-order chi connectivity index (χ0) is 27.2. The predicted molar refractivity (Wildman–Crippen MR) is 159 cm³/mol.